The van der Waals surface area contributed by atoms with Gasteiger partial charge in [0.25, 0.3) is 0 Å². The highest BCUT2D eigenvalue weighted by Gasteiger charge is 1.97. The Morgan fingerprint density at radius 1 is 1.46 bits per heavy atom. The smallest absolute Gasteiger partial charge is 0.0778 e. The lowest BCUT2D eigenvalue weighted by Gasteiger charge is -1.97. The molecule has 2 nitrogen and oxygen atoms in total. The summed E-state index contributed by atoms with van der Waals surface area (Å²) in [5, 5.41) is 7.46. The van der Waals surface area contributed by atoms with Crippen LogP contribution >= 0.6 is 0 Å². The van der Waals surface area contributed by atoms with Gasteiger partial charge in [0.1, 0.15) is 0 Å². The van der Waals surface area contributed by atoms with Gasteiger partial charge in [0.2, 0.25) is 0 Å². The lowest BCUT2D eigenvalue weighted by molar-refractivity contribution is 1.26. The van der Waals surface area contributed by atoms with E-state index in [1.54, 1.807) is 25.3 Å². The molecule has 0 saturated heterocycles. The molecule has 0 spiro atoms. The van der Waals surface area contributed by atoms with Crippen molar-refractivity contribution in [1.29, 1.82) is 5.41 Å². The predicted octanol–water partition coefficient (Wildman–Crippen LogP) is 3.26. The standard InChI is InChI=1S/C9H14N2.C2H6/c1-4-6-7-9(11-3)8(10)5-2;1-2/h4,6-7,10H,1,5H2,2-3H3;1-2H3/b7-6-,10-8?,11-9?;. The molecule has 0 fully saturated rings. The fourth-order valence-corrected chi connectivity index (χ4v) is 0.650. The highest BCUT2D eigenvalue weighted by Crippen LogP contribution is 1.90. The van der Waals surface area contributed by atoms with Gasteiger partial charge >= 0.3 is 0 Å². The van der Waals surface area contributed by atoms with Gasteiger partial charge in [-0.25, -0.2) is 0 Å². The van der Waals surface area contributed by atoms with Crippen LogP contribution in [0.1, 0.15) is 27.2 Å². The van der Waals surface area contributed by atoms with E-state index in [4.69, 9.17) is 5.41 Å². The van der Waals surface area contributed by atoms with E-state index in [0.29, 0.717) is 12.1 Å². The fraction of sp³-hybridized carbons (Fsp3) is 0.455. The normalized spacial score (nSPS) is 10.6. The lowest BCUT2D eigenvalue weighted by Crippen LogP contribution is -2.08. The Morgan fingerprint density at radius 3 is 2.31 bits per heavy atom. The van der Waals surface area contributed by atoms with Crippen LogP contribution in [-0.4, -0.2) is 18.5 Å². The number of allylic oxidation sites excluding steroid dienone is 3. The van der Waals surface area contributed by atoms with Crippen LogP contribution in [0.25, 0.3) is 0 Å². The van der Waals surface area contributed by atoms with Crippen molar-refractivity contribution in [3.8, 4) is 0 Å². The van der Waals surface area contributed by atoms with Gasteiger partial charge in [-0.1, -0.05) is 39.5 Å². The van der Waals surface area contributed by atoms with Gasteiger partial charge in [-0.15, -0.1) is 0 Å². The Morgan fingerprint density at radius 2 is 2.00 bits per heavy atom. The zero-order valence-corrected chi connectivity index (χ0v) is 9.09. The van der Waals surface area contributed by atoms with E-state index in [1.807, 2.05) is 20.8 Å². The Kier molecular flexibility index (Phi) is 11.9. The summed E-state index contributed by atoms with van der Waals surface area (Å²) in [5.41, 5.74) is 1.29. The van der Waals surface area contributed by atoms with E-state index in [2.05, 4.69) is 11.6 Å². The molecule has 0 bridgehead atoms. The van der Waals surface area contributed by atoms with Crippen molar-refractivity contribution in [3.05, 3.63) is 24.8 Å². The minimum atomic E-state index is 0.561. The van der Waals surface area contributed by atoms with Crippen molar-refractivity contribution in [2.24, 2.45) is 4.99 Å². The minimum Gasteiger partial charge on any atom is -0.303 e. The van der Waals surface area contributed by atoms with Crippen LogP contribution in [0.4, 0.5) is 0 Å². The van der Waals surface area contributed by atoms with E-state index in [0.717, 1.165) is 5.71 Å². The predicted molar refractivity (Wildman–Crippen MR) is 62.1 cm³/mol. The SMILES string of the molecule is C=C/C=C\C(=NC)C(=N)CC.CC. The summed E-state index contributed by atoms with van der Waals surface area (Å²) in [6.07, 6.45) is 5.97. The van der Waals surface area contributed by atoms with Crippen molar-refractivity contribution < 1.29 is 0 Å². The number of nitrogens with zero attached hydrogens (tertiary/aromatic N) is 1. The first-order valence-electron chi connectivity index (χ1n) is 4.60. The van der Waals surface area contributed by atoms with E-state index >= 15 is 0 Å². The van der Waals surface area contributed by atoms with Crippen LogP contribution in [-0.2, 0) is 0 Å². The third-order valence-electron chi connectivity index (χ3n) is 1.29. The fourth-order valence-electron chi connectivity index (χ4n) is 0.650. The molecule has 0 aromatic heterocycles. The van der Waals surface area contributed by atoms with Gasteiger partial charge in [0.15, 0.2) is 0 Å². The molecule has 0 unspecified atom stereocenters. The zero-order chi connectivity index (χ0) is 10.7. The molecule has 0 aliphatic carbocycles. The molecule has 0 saturated carbocycles. The molecule has 2 heteroatoms. The molecule has 0 atom stereocenters. The molecule has 0 heterocycles. The second-order valence-corrected chi connectivity index (χ2v) is 2.04. The summed E-state index contributed by atoms with van der Waals surface area (Å²) >= 11 is 0. The third-order valence-corrected chi connectivity index (χ3v) is 1.29. The highest BCUT2D eigenvalue weighted by molar-refractivity contribution is 6.45. The van der Waals surface area contributed by atoms with E-state index in [-0.39, 0.29) is 0 Å². The Balaban J connectivity index is 0. The van der Waals surface area contributed by atoms with E-state index in [9.17, 15) is 0 Å². The number of hydrogen-bond donors (Lipinski definition) is 1. The number of nitrogens with one attached hydrogen (secondary N) is 1. The van der Waals surface area contributed by atoms with Crippen LogP contribution in [0.3, 0.4) is 0 Å². The van der Waals surface area contributed by atoms with Gasteiger partial charge in [0, 0.05) is 7.05 Å². The van der Waals surface area contributed by atoms with Gasteiger partial charge in [-0.05, 0) is 12.5 Å². The quantitative estimate of drug-likeness (QED) is 0.509. The van der Waals surface area contributed by atoms with E-state index in [1.165, 1.54) is 0 Å². The Hall–Kier alpha value is -1.18. The van der Waals surface area contributed by atoms with Crippen LogP contribution < -0.4 is 0 Å². The van der Waals surface area contributed by atoms with Crippen molar-refractivity contribution in [2.75, 3.05) is 7.05 Å². The van der Waals surface area contributed by atoms with Gasteiger partial charge in [-0.3, -0.25) is 4.99 Å². The molecule has 0 aromatic rings. The van der Waals surface area contributed by atoms with Gasteiger partial charge < -0.3 is 5.41 Å². The Bertz CT molecular complexity index is 200. The second-order valence-electron chi connectivity index (χ2n) is 2.04. The lowest BCUT2D eigenvalue weighted by atomic mass is 10.2. The monoisotopic (exact) mass is 180 g/mol. The molecular formula is C11H20N2. The second kappa shape index (κ2) is 10.8. The summed E-state index contributed by atoms with van der Waals surface area (Å²) in [6.45, 7) is 9.48. The first-order chi connectivity index (χ1) is 6.26. The van der Waals surface area contributed by atoms with E-state index < -0.39 is 0 Å². The summed E-state index contributed by atoms with van der Waals surface area (Å²) < 4.78 is 0. The summed E-state index contributed by atoms with van der Waals surface area (Å²) in [4.78, 5) is 3.95. The Labute approximate surface area is 81.6 Å². The van der Waals surface area contributed by atoms with Gasteiger partial charge in [-0.2, -0.15) is 0 Å². The topological polar surface area (TPSA) is 36.2 Å². The molecule has 0 radical (unpaired) electrons. The number of rotatable bonds is 4. The van der Waals surface area contributed by atoms with Gasteiger partial charge in [0.05, 0.1) is 11.4 Å². The minimum absolute atomic E-state index is 0.561. The molecule has 0 aliphatic rings. The molecule has 0 aromatic carbocycles. The molecule has 13 heavy (non-hydrogen) atoms. The first kappa shape index (κ1) is 14.3. The molecular weight excluding hydrogens is 160 g/mol. The summed E-state index contributed by atoms with van der Waals surface area (Å²) in [7, 11) is 1.69. The third kappa shape index (κ3) is 7.19. The van der Waals surface area contributed by atoms with Crippen molar-refractivity contribution in [3.63, 3.8) is 0 Å². The van der Waals surface area contributed by atoms with Crippen LogP contribution in [0.15, 0.2) is 29.8 Å². The number of hydrogen-bond acceptors (Lipinski definition) is 2. The van der Waals surface area contributed by atoms with Crippen LogP contribution in [0.2, 0.25) is 0 Å². The average molecular weight is 180 g/mol. The highest BCUT2D eigenvalue weighted by atomic mass is 14.7. The molecule has 74 valence electrons. The van der Waals surface area contributed by atoms with Crippen molar-refractivity contribution in [1.82, 2.24) is 0 Å². The van der Waals surface area contributed by atoms with Crippen LogP contribution in [0.5, 0.6) is 0 Å². The summed E-state index contributed by atoms with van der Waals surface area (Å²) in [5.74, 6) is 0. The maximum Gasteiger partial charge on any atom is 0.0778 e. The summed E-state index contributed by atoms with van der Waals surface area (Å²) in [6, 6.07) is 0. The first-order valence-corrected chi connectivity index (χ1v) is 4.60. The molecule has 0 amide bonds. The molecule has 1 N–H and O–H groups in total. The van der Waals surface area contributed by atoms with Crippen LogP contribution in [0, 0.1) is 5.41 Å². The molecule has 0 aliphatic heterocycles. The largest absolute Gasteiger partial charge is 0.303 e. The zero-order valence-electron chi connectivity index (χ0n) is 9.09. The average Bonchev–Trinajstić information content (AvgIpc) is 2.21. The maximum atomic E-state index is 7.46. The van der Waals surface area contributed by atoms with Crippen molar-refractivity contribution in [2.45, 2.75) is 27.2 Å². The number of aliphatic imine (C=N–C) groups is 1. The molecule has 0 rings (SSSR count). The van der Waals surface area contributed by atoms with Crippen molar-refractivity contribution >= 4 is 11.4 Å². The maximum absolute atomic E-state index is 7.46.